The van der Waals surface area contributed by atoms with Crippen LogP contribution in [0.1, 0.15) is 26.5 Å². The molecule has 0 atom stereocenters. The van der Waals surface area contributed by atoms with Gasteiger partial charge in [0, 0.05) is 29.8 Å². The first-order valence-electron chi connectivity index (χ1n) is 10.6. The number of nitrogens with zero attached hydrogens (tertiary/aromatic N) is 5. The molecule has 0 aliphatic carbocycles. The lowest BCUT2D eigenvalue weighted by molar-refractivity contribution is 0.1000. The Balaban J connectivity index is 1.39. The van der Waals surface area contributed by atoms with Gasteiger partial charge in [-0.3, -0.25) is 14.7 Å². The normalized spacial score (nSPS) is 11.7. The molecule has 6 rings (SSSR count). The SMILES string of the molecule is Cn1c2nc(Cc3cccc(C(N)=O)c3)sc2c2cnn(Cc3cccc4[nH]ncc34)c(=O)c21. The number of nitrogens with one attached hydrogen (secondary N) is 1. The lowest BCUT2D eigenvalue weighted by Crippen LogP contribution is -2.24. The second kappa shape index (κ2) is 7.63. The zero-order valence-corrected chi connectivity index (χ0v) is 19.0. The van der Waals surface area contributed by atoms with E-state index in [-0.39, 0.29) is 5.56 Å². The lowest BCUT2D eigenvalue weighted by atomic mass is 10.1. The molecule has 2 aromatic carbocycles. The smallest absolute Gasteiger partial charge is 0.291 e. The number of rotatable bonds is 5. The number of primary amides is 1. The molecule has 0 fully saturated rings. The highest BCUT2D eigenvalue weighted by molar-refractivity contribution is 7.19. The molecule has 1 amide bonds. The highest BCUT2D eigenvalue weighted by Crippen LogP contribution is 2.32. The zero-order valence-electron chi connectivity index (χ0n) is 18.1. The third kappa shape index (κ3) is 3.19. The molecule has 34 heavy (non-hydrogen) atoms. The van der Waals surface area contributed by atoms with E-state index >= 15 is 0 Å². The molecule has 0 aliphatic heterocycles. The van der Waals surface area contributed by atoms with E-state index in [9.17, 15) is 9.59 Å². The van der Waals surface area contributed by atoms with E-state index in [1.165, 1.54) is 16.0 Å². The number of thiazole rings is 1. The predicted molar refractivity (Wildman–Crippen MR) is 131 cm³/mol. The number of fused-ring (bicyclic) bond motifs is 4. The summed E-state index contributed by atoms with van der Waals surface area (Å²) >= 11 is 1.53. The number of carbonyl (C=O) groups excluding carboxylic acids is 1. The zero-order chi connectivity index (χ0) is 23.4. The molecule has 4 aromatic heterocycles. The molecular weight excluding hydrogens is 450 g/mol. The van der Waals surface area contributed by atoms with Gasteiger partial charge in [-0.25, -0.2) is 9.67 Å². The molecule has 0 saturated carbocycles. The molecule has 6 aromatic rings. The molecule has 9 nitrogen and oxygen atoms in total. The Morgan fingerprint density at radius 1 is 1.15 bits per heavy atom. The van der Waals surface area contributed by atoms with Gasteiger partial charge in [-0.05, 0) is 29.3 Å². The highest BCUT2D eigenvalue weighted by Gasteiger charge is 2.19. The Bertz CT molecular complexity index is 1790. The summed E-state index contributed by atoms with van der Waals surface area (Å²) in [5, 5.41) is 14.2. The standard InChI is InChI=1S/C24H19N7O2S/c1-30-20-17(11-27-31(24(20)33)12-15-6-3-7-18-16(15)10-26-29-18)21-23(30)28-19(34-21)9-13-4-2-5-14(8-13)22(25)32/h2-8,10-11H,9,12H2,1H3,(H2,25,32)(H,26,29). The summed E-state index contributed by atoms with van der Waals surface area (Å²) in [7, 11) is 1.85. The van der Waals surface area contributed by atoms with Crippen LogP contribution in [0, 0.1) is 0 Å². The van der Waals surface area contributed by atoms with Crippen molar-refractivity contribution in [2.24, 2.45) is 12.8 Å². The van der Waals surface area contributed by atoms with E-state index in [2.05, 4.69) is 15.3 Å². The number of carbonyl (C=O) groups is 1. The van der Waals surface area contributed by atoms with Crippen molar-refractivity contribution in [2.75, 3.05) is 0 Å². The van der Waals surface area contributed by atoms with E-state index in [0.29, 0.717) is 24.0 Å². The van der Waals surface area contributed by atoms with Crippen LogP contribution in [0.25, 0.3) is 32.2 Å². The average Bonchev–Trinajstić information content (AvgIpc) is 3.53. The average molecular weight is 470 g/mol. The summed E-state index contributed by atoms with van der Waals surface area (Å²) in [5.41, 5.74) is 9.87. The first-order chi connectivity index (χ1) is 16.5. The molecule has 0 spiro atoms. The molecule has 0 aliphatic rings. The van der Waals surface area contributed by atoms with E-state index in [4.69, 9.17) is 10.7 Å². The Labute approximate surface area is 196 Å². The molecule has 0 radical (unpaired) electrons. The third-order valence-electron chi connectivity index (χ3n) is 6.03. The Hall–Kier alpha value is -4.31. The van der Waals surface area contributed by atoms with Crippen LogP contribution in [0.4, 0.5) is 0 Å². The third-order valence-corrected chi connectivity index (χ3v) is 7.11. The number of H-pyrrole nitrogens is 1. The van der Waals surface area contributed by atoms with Crippen LogP contribution in [0.3, 0.4) is 0 Å². The van der Waals surface area contributed by atoms with Gasteiger partial charge in [0.05, 0.1) is 29.2 Å². The van der Waals surface area contributed by atoms with E-state index < -0.39 is 5.91 Å². The van der Waals surface area contributed by atoms with E-state index in [1.807, 2.05) is 41.9 Å². The van der Waals surface area contributed by atoms with Gasteiger partial charge in [0.15, 0.2) is 5.65 Å². The Morgan fingerprint density at radius 3 is 2.85 bits per heavy atom. The molecule has 10 heteroatoms. The van der Waals surface area contributed by atoms with Crippen molar-refractivity contribution in [1.82, 2.24) is 29.5 Å². The number of aromatic amines is 1. The fourth-order valence-electron chi connectivity index (χ4n) is 4.36. The van der Waals surface area contributed by atoms with Gasteiger partial charge in [-0.15, -0.1) is 11.3 Å². The minimum absolute atomic E-state index is 0.165. The summed E-state index contributed by atoms with van der Waals surface area (Å²) in [6.45, 7) is 0.347. The minimum Gasteiger partial charge on any atom is -0.366 e. The van der Waals surface area contributed by atoms with Crippen LogP contribution in [-0.4, -0.2) is 35.4 Å². The predicted octanol–water partition coefficient (Wildman–Crippen LogP) is 2.96. The summed E-state index contributed by atoms with van der Waals surface area (Å²) in [6, 6.07) is 13.1. The number of benzene rings is 2. The van der Waals surface area contributed by atoms with Crippen LogP contribution < -0.4 is 11.3 Å². The van der Waals surface area contributed by atoms with Crippen LogP contribution in [-0.2, 0) is 20.0 Å². The number of aromatic nitrogens is 6. The van der Waals surface area contributed by atoms with E-state index in [1.54, 1.807) is 24.5 Å². The van der Waals surface area contributed by atoms with Gasteiger partial charge in [-0.2, -0.15) is 10.2 Å². The summed E-state index contributed by atoms with van der Waals surface area (Å²) in [6.07, 6.45) is 4.07. The minimum atomic E-state index is -0.455. The van der Waals surface area contributed by atoms with Crippen LogP contribution in [0.2, 0.25) is 0 Å². The van der Waals surface area contributed by atoms with Crippen molar-refractivity contribution in [3.05, 3.63) is 86.9 Å². The lowest BCUT2D eigenvalue weighted by Gasteiger charge is -2.07. The second-order valence-electron chi connectivity index (χ2n) is 8.18. The molecule has 4 heterocycles. The maximum absolute atomic E-state index is 13.4. The maximum Gasteiger partial charge on any atom is 0.291 e. The maximum atomic E-state index is 13.4. The summed E-state index contributed by atoms with van der Waals surface area (Å²) in [4.78, 5) is 29.6. The van der Waals surface area contributed by atoms with Gasteiger partial charge in [0.25, 0.3) is 5.56 Å². The molecule has 3 N–H and O–H groups in total. The molecule has 0 bridgehead atoms. The van der Waals surface area contributed by atoms with E-state index in [0.717, 1.165) is 42.8 Å². The van der Waals surface area contributed by atoms with Gasteiger partial charge >= 0.3 is 0 Å². The molecule has 0 unspecified atom stereocenters. The van der Waals surface area contributed by atoms with Gasteiger partial charge < -0.3 is 10.3 Å². The fraction of sp³-hybridized carbons (Fsp3) is 0.125. The number of nitrogens with two attached hydrogens (primary N) is 1. The van der Waals surface area contributed by atoms with Crippen LogP contribution in [0.5, 0.6) is 0 Å². The summed E-state index contributed by atoms with van der Waals surface area (Å²) in [5.74, 6) is -0.455. The fourth-order valence-corrected chi connectivity index (χ4v) is 5.50. The Morgan fingerprint density at radius 2 is 2.00 bits per heavy atom. The largest absolute Gasteiger partial charge is 0.366 e. The van der Waals surface area contributed by atoms with Crippen molar-refractivity contribution in [1.29, 1.82) is 0 Å². The van der Waals surface area contributed by atoms with Gasteiger partial charge in [0.1, 0.15) is 10.5 Å². The quantitative estimate of drug-likeness (QED) is 0.402. The number of amides is 1. The van der Waals surface area contributed by atoms with Gasteiger partial charge in [0.2, 0.25) is 5.91 Å². The van der Waals surface area contributed by atoms with Crippen molar-refractivity contribution >= 4 is 49.4 Å². The monoisotopic (exact) mass is 469 g/mol. The number of hydrogen-bond donors (Lipinski definition) is 2. The molecule has 0 saturated heterocycles. The molecule has 168 valence electrons. The number of aryl methyl sites for hydroxylation is 1. The van der Waals surface area contributed by atoms with Crippen LogP contribution in [0.15, 0.2) is 59.7 Å². The first-order valence-corrected chi connectivity index (χ1v) is 11.4. The topological polar surface area (TPSA) is 124 Å². The summed E-state index contributed by atoms with van der Waals surface area (Å²) < 4.78 is 4.24. The highest BCUT2D eigenvalue weighted by atomic mass is 32.1. The second-order valence-corrected chi connectivity index (χ2v) is 9.26. The van der Waals surface area contributed by atoms with Crippen LogP contribution >= 0.6 is 11.3 Å². The van der Waals surface area contributed by atoms with Crippen molar-refractivity contribution in [3.63, 3.8) is 0 Å². The van der Waals surface area contributed by atoms with Crippen molar-refractivity contribution in [2.45, 2.75) is 13.0 Å². The number of hydrogen-bond acceptors (Lipinski definition) is 6. The van der Waals surface area contributed by atoms with Crippen molar-refractivity contribution in [3.8, 4) is 0 Å². The molecular formula is C24H19N7O2S. The van der Waals surface area contributed by atoms with Gasteiger partial charge in [-0.1, -0.05) is 24.3 Å². The Kier molecular flexibility index (Phi) is 4.56. The first kappa shape index (κ1) is 20.3. The van der Waals surface area contributed by atoms with Crippen molar-refractivity contribution < 1.29 is 4.79 Å².